The summed E-state index contributed by atoms with van der Waals surface area (Å²) in [4.78, 5) is 0. The van der Waals surface area contributed by atoms with Gasteiger partial charge in [0.2, 0.25) is 0 Å². The van der Waals surface area contributed by atoms with Crippen LogP contribution in [-0.2, 0) is 18.2 Å². The van der Waals surface area contributed by atoms with Crippen molar-refractivity contribution in [1.29, 1.82) is 0 Å². The van der Waals surface area contributed by atoms with Crippen molar-refractivity contribution in [3.8, 4) is 0 Å². The number of aryl methyl sites for hydroxylation is 2. The minimum atomic E-state index is 0.331. The summed E-state index contributed by atoms with van der Waals surface area (Å²) >= 11 is 6.41. The minimum absolute atomic E-state index is 0.331. The number of methoxy groups -OCH3 is 1. The van der Waals surface area contributed by atoms with Crippen LogP contribution in [0.25, 0.3) is 0 Å². The van der Waals surface area contributed by atoms with E-state index >= 15 is 0 Å². The second-order valence-electron chi connectivity index (χ2n) is 6.02. The van der Waals surface area contributed by atoms with Crippen LogP contribution in [0.15, 0.2) is 0 Å². The van der Waals surface area contributed by atoms with Crippen LogP contribution in [0, 0.1) is 12.3 Å². The Morgan fingerprint density at radius 2 is 2.10 bits per heavy atom. The van der Waals surface area contributed by atoms with E-state index in [-0.39, 0.29) is 0 Å². The monoisotopic (exact) mass is 299 g/mol. The van der Waals surface area contributed by atoms with Crippen molar-refractivity contribution < 1.29 is 4.74 Å². The van der Waals surface area contributed by atoms with E-state index in [4.69, 9.17) is 16.3 Å². The zero-order valence-corrected chi connectivity index (χ0v) is 13.6. The van der Waals surface area contributed by atoms with E-state index in [0.29, 0.717) is 5.41 Å². The molecule has 0 atom stereocenters. The number of halogens is 1. The Hall–Kier alpha value is -0.580. The molecule has 0 aromatic carbocycles. The lowest BCUT2D eigenvalue weighted by atomic mass is 9.81. The molecule has 0 bridgehead atoms. The second-order valence-corrected chi connectivity index (χ2v) is 6.40. The van der Waals surface area contributed by atoms with Crippen molar-refractivity contribution in [2.45, 2.75) is 39.0 Å². The van der Waals surface area contributed by atoms with Gasteiger partial charge in [-0.15, -0.1) is 0 Å². The van der Waals surface area contributed by atoms with Crippen molar-refractivity contribution in [3.05, 3.63) is 16.4 Å². The molecule has 2 rings (SSSR count). The fraction of sp³-hybridized carbons (Fsp3) is 0.800. The van der Waals surface area contributed by atoms with Gasteiger partial charge in [0.25, 0.3) is 0 Å². The first-order valence-corrected chi connectivity index (χ1v) is 7.83. The van der Waals surface area contributed by atoms with Gasteiger partial charge in [0, 0.05) is 27.2 Å². The van der Waals surface area contributed by atoms with Gasteiger partial charge in [0.15, 0.2) is 0 Å². The maximum atomic E-state index is 6.41. The molecule has 1 fully saturated rings. The molecule has 0 amide bonds. The van der Waals surface area contributed by atoms with Crippen molar-refractivity contribution in [1.82, 2.24) is 15.1 Å². The van der Waals surface area contributed by atoms with Gasteiger partial charge in [0.05, 0.1) is 23.0 Å². The van der Waals surface area contributed by atoms with Crippen LogP contribution in [0.5, 0.6) is 0 Å². The third kappa shape index (κ3) is 3.54. The van der Waals surface area contributed by atoms with Crippen LogP contribution >= 0.6 is 11.6 Å². The van der Waals surface area contributed by atoms with E-state index < -0.39 is 0 Å². The summed E-state index contributed by atoms with van der Waals surface area (Å²) in [6.45, 7) is 4.69. The quantitative estimate of drug-likeness (QED) is 0.787. The van der Waals surface area contributed by atoms with Gasteiger partial charge in [-0.05, 0) is 31.6 Å². The Balaban J connectivity index is 2.05. The SMILES string of the molecule is COCCNCC1(Cc2c(Cl)c(C)nn2C)CCCC1. The lowest BCUT2D eigenvalue weighted by Crippen LogP contribution is -2.36. The number of nitrogens with one attached hydrogen (secondary N) is 1. The Morgan fingerprint density at radius 1 is 1.40 bits per heavy atom. The Labute approximate surface area is 126 Å². The van der Waals surface area contributed by atoms with Gasteiger partial charge >= 0.3 is 0 Å². The summed E-state index contributed by atoms with van der Waals surface area (Å²) < 4.78 is 7.05. The van der Waals surface area contributed by atoms with Gasteiger partial charge in [-0.2, -0.15) is 5.10 Å². The number of nitrogens with zero attached hydrogens (tertiary/aromatic N) is 2. The lowest BCUT2D eigenvalue weighted by Gasteiger charge is -2.29. The number of hydrogen-bond donors (Lipinski definition) is 1. The average molecular weight is 300 g/mol. The predicted octanol–water partition coefficient (Wildman–Crippen LogP) is 2.72. The molecule has 0 saturated heterocycles. The maximum Gasteiger partial charge on any atom is 0.0847 e. The molecule has 4 nitrogen and oxygen atoms in total. The van der Waals surface area contributed by atoms with Crippen LogP contribution in [0.1, 0.15) is 37.1 Å². The highest BCUT2D eigenvalue weighted by Gasteiger charge is 2.35. The van der Waals surface area contributed by atoms with Crippen LogP contribution in [-0.4, -0.2) is 36.6 Å². The zero-order chi connectivity index (χ0) is 14.6. The first-order chi connectivity index (χ1) is 9.58. The van der Waals surface area contributed by atoms with Crippen LogP contribution in [0.4, 0.5) is 0 Å². The predicted molar refractivity (Wildman–Crippen MR) is 82.3 cm³/mol. The highest BCUT2D eigenvalue weighted by atomic mass is 35.5. The molecule has 1 aromatic rings. The lowest BCUT2D eigenvalue weighted by molar-refractivity contribution is 0.189. The third-order valence-corrected chi connectivity index (χ3v) is 4.94. The standard InChI is InChI=1S/C15H26ClN3O/c1-12-14(16)13(19(2)18-12)10-15(6-4-5-7-15)11-17-8-9-20-3/h17H,4-11H2,1-3H3. The smallest absolute Gasteiger partial charge is 0.0847 e. The van der Waals surface area contributed by atoms with E-state index in [9.17, 15) is 0 Å². The van der Waals surface area contributed by atoms with Crippen molar-refractivity contribution in [3.63, 3.8) is 0 Å². The first kappa shape index (κ1) is 15.8. The fourth-order valence-corrected chi connectivity index (χ4v) is 3.52. The number of hydrogen-bond acceptors (Lipinski definition) is 3. The minimum Gasteiger partial charge on any atom is -0.383 e. The molecule has 0 radical (unpaired) electrons. The van der Waals surface area contributed by atoms with Gasteiger partial charge in [-0.3, -0.25) is 4.68 Å². The third-order valence-electron chi connectivity index (χ3n) is 4.45. The van der Waals surface area contributed by atoms with E-state index in [1.165, 1.54) is 31.4 Å². The molecule has 0 spiro atoms. The topological polar surface area (TPSA) is 39.1 Å². The Kier molecular flexibility index (Phi) is 5.47. The first-order valence-electron chi connectivity index (χ1n) is 7.46. The molecule has 1 heterocycles. The molecule has 1 N–H and O–H groups in total. The molecular weight excluding hydrogens is 274 g/mol. The van der Waals surface area contributed by atoms with Gasteiger partial charge in [-0.25, -0.2) is 0 Å². The Bertz CT molecular complexity index is 439. The number of ether oxygens (including phenoxy) is 1. The maximum absolute atomic E-state index is 6.41. The number of aromatic nitrogens is 2. The largest absolute Gasteiger partial charge is 0.383 e. The average Bonchev–Trinajstić information content (AvgIpc) is 2.97. The highest BCUT2D eigenvalue weighted by Crippen LogP contribution is 2.41. The molecular formula is C15H26ClN3O. The van der Waals surface area contributed by atoms with E-state index in [1.54, 1.807) is 7.11 Å². The molecule has 5 heteroatoms. The normalized spacial score (nSPS) is 17.8. The molecule has 1 aliphatic rings. The molecule has 114 valence electrons. The summed E-state index contributed by atoms with van der Waals surface area (Å²) in [6.07, 6.45) is 6.20. The second kappa shape index (κ2) is 6.92. The van der Waals surface area contributed by atoms with Crippen LogP contribution in [0.2, 0.25) is 5.02 Å². The molecule has 1 saturated carbocycles. The highest BCUT2D eigenvalue weighted by molar-refractivity contribution is 6.31. The van der Waals surface area contributed by atoms with E-state index in [1.807, 2.05) is 18.7 Å². The summed E-state index contributed by atoms with van der Waals surface area (Å²) in [5.41, 5.74) is 2.45. The molecule has 0 unspecified atom stereocenters. The van der Waals surface area contributed by atoms with Gasteiger partial charge in [0.1, 0.15) is 0 Å². The molecule has 1 aromatic heterocycles. The molecule has 20 heavy (non-hydrogen) atoms. The summed E-state index contributed by atoms with van der Waals surface area (Å²) in [7, 11) is 3.74. The summed E-state index contributed by atoms with van der Waals surface area (Å²) in [5.74, 6) is 0. The van der Waals surface area contributed by atoms with E-state index in [2.05, 4.69) is 10.4 Å². The van der Waals surface area contributed by atoms with Crippen molar-refractivity contribution in [2.24, 2.45) is 12.5 Å². The van der Waals surface area contributed by atoms with Crippen molar-refractivity contribution >= 4 is 11.6 Å². The summed E-state index contributed by atoms with van der Waals surface area (Å²) in [6, 6.07) is 0. The van der Waals surface area contributed by atoms with Crippen LogP contribution in [0.3, 0.4) is 0 Å². The van der Waals surface area contributed by atoms with E-state index in [0.717, 1.165) is 36.8 Å². The molecule has 1 aliphatic carbocycles. The van der Waals surface area contributed by atoms with Gasteiger partial charge < -0.3 is 10.1 Å². The van der Waals surface area contributed by atoms with Gasteiger partial charge in [-0.1, -0.05) is 24.4 Å². The van der Waals surface area contributed by atoms with Crippen molar-refractivity contribution in [2.75, 3.05) is 26.8 Å². The molecule has 0 aliphatic heterocycles. The summed E-state index contributed by atoms with van der Waals surface area (Å²) in [5, 5.41) is 8.82. The zero-order valence-electron chi connectivity index (χ0n) is 12.8. The Morgan fingerprint density at radius 3 is 2.65 bits per heavy atom. The number of rotatable bonds is 7. The van der Waals surface area contributed by atoms with Crippen LogP contribution < -0.4 is 5.32 Å². The fourth-order valence-electron chi connectivity index (χ4n) is 3.30.